The molecular formula is C19H21N3OS2. The number of hydrogen-bond donors (Lipinski definition) is 1. The Labute approximate surface area is 156 Å². The Hall–Kier alpha value is -1.92. The van der Waals surface area contributed by atoms with Gasteiger partial charge < -0.3 is 5.32 Å². The number of hydrogen-bond acceptors (Lipinski definition) is 5. The van der Waals surface area contributed by atoms with Gasteiger partial charge in [0.25, 0.3) is 0 Å². The molecular weight excluding hydrogens is 350 g/mol. The third kappa shape index (κ3) is 4.19. The van der Waals surface area contributed by atoms with Gasteiger partial charge in [-0.3, -0.25) is 4.79 Å². The number of aromatic nitrogens is 2. The molecule has 0 aliphatic carbocycles. The molecule has 0 spiro atoms. The molecule has 1 N–H and O–H groups in total. The third-order valence-electron chi connectivity index (χ3n) is 3.96. The number of nitrogens with one attached hydrogen (secondary N) is 1. The molecule has 0 unspecified atom stereocenters. The van der Waals surface area contributed by atoms with Crippen LogP contribution in [0.2, 0.25) is 0 Å². The van der Waals surface area contributed by atoms with E-state index in [1.54, 1.807) is 11.3 Å². The molecule has 130 valence electrons. The lowest BCUT2D eigenvalue weighted by Gasteiger charge is -2.07. The van der Waals surface area contributed by atoms with Crippen LogP contribution >= 0.6 is 23.1 Å². The first kappa shape index (κ1) is 17.9. The molecule has 0 atom stereocenters. The van der Waals surface area contributed by atoms with Crippen molar-refractivity contribution in [3.05, 3.63) is 52.2 Å². The zero-order valence-corrected chi connectivity index (χ0v) is 16.3. The van der Waals surface area contributed by atoms with Gasteiger partial charge in [-0.25, -0.2) is 9.97 Å². The van der Waals surface area contributed by atoms with Gasteiger partial charge in [-0.1, -0.05) is 49.0 Å². The fraction of sp³-hybridized carbons (Fsp3) is 0.316. The van der Waals surface area contributed by atoms with E-state index in [0.717, 1.165) is 33.1 Å². The number of nitrogens with zero attached hydrogens (tertiary/aromatic N) is 2. The molecule has 1 aromatic carbocycles. The quantitative estimate of drug-likeness (QED) is 0.519. The van der Waals surface area contributed by atoms with Crippen LogP contribution in [0.5, 0.6) is 0 Å². The van der Waals surface area contributed by atoms with Gasteiger partial charge in [-0.15, -0.1) is 11.3 Å². The predicted octanol–water partition coefficient (Wildman–Crippen LogP) is 4.28. The lowest BCUT2D eigenvalue weighted by atomic mass is 10.1. The highest BCUT2D eigenvalue weighted by Gasteiger charge is 2.16. The summed E-state index contributed by atoms with van der Waals surface area (Å²) in [5, 5.41) is 5.00. The van der Waals surface area contributed by atoms with Gasteiger partial charge in [-0.2, -0.15) is 0 Å². The Morgan fingerprint density at radius 2 is 1.96 bits per heavy atom. The first-order valence-corrected chi connectivity index (χ1v) is 10.1. The number of amides is 1. The third-order valence-corrected chi connectivity index (χ3v) is 5.97. The van der Waals surface area contributed by atoms with E-state index in [1.165, 1.54) is 22.2 Å². The Kier molecular flexibility index (Phi) is 5.71. The van der Waals surface area contributed by atoms with Crippen molar-refractivity contribution in [2.24, 2.45) is 0 Å². The van der Waals surface area contributed by atoms with E-state index in [0.29, 0.717) is 12.3 Å². The summed E-state index contributed by atoms with van der Waals surface area (Å²) in [5.74, 6) is 1.13. The first-order chi connectivity index (χ1) is 12.1. The number of carbonyl (C=O) groups is 1. The lowest BCUT2D eigenvalue weighted by Crippen LogP contribution is -2.24. The summed E-state index contributed by atoms with van der Waals surface area (Å²) in [6.07, 6.45) is 0.950. The van der Waals surface area contributed by atoms with E-state index >= 15 is 0 Å². The van der Waals surface area contributed by atoms with E-state index in [9.17, 15) is 4.79 Å². The average Bonchev–Trinajstić information content (AvgIpc) is 2.93. The first-order valence-electron chi connectivity index (χ1n) is 8.28. The highest BCUT2D eigenvalue weighted by Crippen LogP contribution is 2.35. The van der Waals surface area contributed by atoms with Crippen LogP contribution in [-0.2, 0) is 17.8 Å². The largest absolute Gasteiger partial charge is 0.351 e. The van der Waals surface area contributed by atoms with Crippen molar-refractivity contribution in [1.29, 1.82) is 0 Å². The van der Waals surface area contributed by atoms with Crippen LogP contribution in [0.3, 0.4) is 0 Å². The van der Waals surface area contributed by atoms with Crippen molar-refractivity contribution < 1.29 is 4.79 Å². The second-order valence-corrected chi connectivity index (χ2v) is 7.96. The average molecular weight is 372 g/mol. The van der Waals surface area contributed by atoms with Crippen molar-refractivity contribution in [3.63, 3.8) is 0 Å². The highest BCUT2D eigenvalue weighted by atomic mass is 32.2. The minimum absolute atomic E-state index is 0.0169. The predicted molar refractivity (Wildman–Crippen MR) is 105 cm³/mol. The van der Waals surface area contributed by atoms with Crippen LogP contribution in [0.4, 0.5) is 0 Å². The summed E-state index contributed by atoms with van der Waals surface area (Å²) in [7, 11) is 0. The number of fused-ring (bicyclic) bond motifs is 1. The molecule has 6 heteroatoms. The molecule has 4 nitrogen and oxygen atoms in total. The van der Waals surface area contributed by atoms with Crippen LogP contribution < -0.4 is 5.32 Å². The minimum Gasteiger partial charge on any atom is -0.351 e. The van der Waals surface area contributed by atoms with Crippen LogP contribution in [0.25, 0.3) is 10.2 Å². The molecule has 0 saturated carbocycles. The van der Waals surface area contributed by atoms with Gasteiger partial charge >= 0.3 is 0 Å². The van der Waals surface area contributed by atoms with Crippen molar-refractivity contribution in [3.8, 4) is 0 Å². The van der Waals surface area contributed by atoms with Crippen molar-refractivity contribution in [2.75, 3.05) is 5.75 Å². The molecule has 1 amide bonds. The number of carbonyl (C=O) groups excluding carboxylic acids is 1. The zero-order valence-electron chi connectivity index (χ0n) is 14.6. The maximum Gasteiger partial charge on any atom is 0.230 e. The summed E-state index contributed by atoms with van der Waals surface area (Å²) < 4.78 is 0. The molecule has 0 bridgehead atoms. The standard InChI is InChI=1S/C19H21N3OS2/c1-4-15-12(2)25-19-17(15)18(21-13(3)22-19)24-11-16(23)20-10-14-8-6-5-7-9-14/h5-9H,4,10-11H2,1-3H3,(H,20,23). The zero-order chi connectivity index (χ0) is 17.8. The van der Waals surface area contributed by atoms with Crippen LogP contribution in [0, 0.1) is 13.8 Å². The Bertz CT molecular complexity index is 891. The molecule has 0 aliphatic heterocycles. The summed E-state index contributed by atoms with van der Waals surface area (Å²) in [6, 6.07) is 9.93. The van der Waals surface area contributed by atoms with Crippen molar-refractivity contribution in [2.45, 2.75) is 38.8 Å². The van der Waals surface area contributed by atoms with Gasteiger partial charge in [-0.05, 0) is 31.4 Å². The summed E-state index contributed by atoms with van der Waals surface area (Å²) >= 11 is 3.20. The van der Waals surface area contributed by atoms with Gasteiger partial charge in [0.15, 0.2) is 0 Å². The molecule has 25 heavy (non-hydrogen) atoms. The van der Waals surface area contributed by atoms with Gasteiger partial charge in [0, 0.05) is 16.8 Å². The van der Waals surface area contributed by atoms with E-state index in [4.69, 9.17) is 0 Å². The number of rotatable bonds is 6. The van der Waals surface area contributed by atoms with Crippen LogP contribution in [-0.4, -0.2) is 21.6 Å². The molecule has 2 heterocycles. The van der Waals surface area contributed by atoms with Crippen LogP contribution in [0.15, 0.2) is 35.4 Å². The topological polar surface area (TPSA) is 54.9 Å². The van der Waals surface area contributed by atoms with Gasteiger partial charge in [0.05, 0.1) is 5.75 Å². The Balaban J connectivity index is 1.71. The fourth-order valence-corrected chi connectivity index (χ4v) is 4.90. The molecule has 3 rings (SSSR count). The Morgan fingerprint density at radius 1 is 1.20 bits per heavy atom. The number of thioether (sulfide) groups is 1. The maximum atomic E-state index is 12.2. The van der Waals surface area contributed by atoms with E-state index in [1.807, 2.05) is 37.3 Å². The number of aryl methyl sites for hydroxylation is 3. The van der Waals surface area contributed by atoms with E-state index < -0.39 is 0 Å². The second-order valence-electron chi connectivity index (χ2n) is 5.80. The monoisotopic (exact) mass is 371 g/mol. The lowest BCUT2D eigenvalue weighted by molar-refractivity contribution is -0.118. The normalized spacial score (nSPS) is 11.0. The SMILES string of the molecule is CCc1c(C)sc2nc(C)nc(SCC(=O)NCc3ccccc3)c12. The maximum absolute atomic E-state index is 12.2. The number of thiophene rings is 1. The highest BCUT2D eigenvalue weighted by molar-refractivity contribution is 8.00. The number of benzene rings is 1. The van der Waals surface area contributed by atoms with Gasteiger partial charge in [0.2, 0.25) is 5.91 Å². The molecule has 2 aromatic heterocycles. The van der Waals surface area contributed by atoms with Crippen molar-refractivity contribution in [1.82, 2.24) is 15.3 Å². The fourth-order valence-electron chi connectivity index (χ4n) is 2.75. The summed E-state index contributed by atoms with van der Waals surface area (Å²) in [5.41, 5.74) is 2.40. The van der Waals surface area contributed by atoms with E-state index in [-0.39, 0.29) is 5.91 Å². The van der Waals surface area contributed by atoms with Crippen molar-refractivity contribution >= 4 is 39.2 Å². The molecule has 0 saturated heterocycles. The molecule has 0 aliphatic rings. The summed E-state index contributed by atoms with van der Waals surface area (Å²) in [4.78, 5) is 23.7. The molecule has 0 radical (unpaired) electrons. The minimum atomic E-state index is 0.0169. The molecule has 3 aromatic rings. The van der Waals surface area contributed by atoms with E-state index in [2.05, 4.69) is 29.1 Å². The second kappa shape index (κ2) is 7.97. The Morgan fingerprint density at radius 3 is 2.68 bits per heavy atom. The van der Waals surface area contributed by atoms with Crippen LogP contribution in [0.1, 0.15) is 28.8 Å². The molecule has 0 fully saturated rings. The smallest absolute Gasteiger partial charge is 0.230 e. The van der Waals surface area contributed by atoms with Gasteiger partial charge in [0.1, 0.15) is 15.7 Å². The summed E-state index contributed by atoms with van der Waals surface area (Å²) in [6.45, 7) is 6.73.